The topological polar surface area (TPSA) is 96.3 Å². The lowest BCUT2D eigenvalue weighted by atomic mass is 10.1. The molecule has 8 nitrogen and oxygen atoms in total. The Labute approximate surface area is 179 Å². The average Bonchev–Trinajstić information content (AvgIpc) is 2.78. The summed E-state index contributed by atoms with van der Waals surface area (Å²) in [5.74, 6) is -0.178. The third-order valence-electron chi connectivity index (χ3n) is 5.52. The van der Waals surface area contributed by atoms with E-state index in [0.717, 1.165) is 17.7 Å². The summed E-state index contributed by atoms with van der Waals surface area (Å²) in [4.78, 5) is 38.7. The highest BCUT2D eigenvalue weighted by atomic mass is 16.2. The molecule has 0 bridgehead atoms. The highest BCUT2D eigenvalue weighted by molar-refractivity contribution is 5.92. The molecule has 2 aromatic carbocycles. The Kier molecular flexibility index (Phi) is 5.70. The first-order valence-corrected chi connectivity index (χ1v) is 10.3. The van der Waals surface area contributed by atoms with E-state index >= 15 is 0 Å². The van der Waals surface area contributed by atoms with Crippen LogP contribution in [0.4, 0.5) is 10.5 Å². The van der Waals surface area contributed by atoms with Crippen molar-refractivity contribution in [2.45, 2.75) is 25.8 Å². The lowest BCUT2D eigenvalue weighted by molar-refractivity contribution is -0.121. The van der Waals surface area contributed by atoms with E-state index in [1.807, 2.05) is 43.3 Å². The van der Waals surface area contributed by atoms with E-state index in [1.54, 1.807) is 24.1 Å². The van der Waals surface area contributed by atoms with E-state index in [9.17, 15) is 14.4 Å². The van der Waals surface area contributed by atoms with Crippen LogP contribution >= 0.6 is 0 Å². The summed E-state index contributed by atoms with van der Waals surface area (Å²) >= 11 is 0. The molecule has 8 heteroatoms. The van der Waals surface area contributed by atoms with E-state index < -0.39 is 0 Å². The molecule has 0 radical (unpaired) electrons. The summed E-state index contributed by atoms with van der Waals surface area (Å²) in [7, 11) is 1.59. The number of aryl methyl sites for hydroxylation is 1. The van der Waals surface area contributed by atoms with Crippen LogP contribution < -0.4 is 21.1 Å². The zero-order valence-corrected chi connectivity index (χ0v) is 17.6. The Morgan fingerprint density at radius 2 is 1.84 bits per heavy atom. The van der Waals surface area contributed by atoms with Gasteiger partial charge in [-0.05, 0) is 37.1 Å². The SMILES string of the molecule is CC(NC(=O)Cc1nn(C)c(=O)c2ccccc12)c1ccc(N2CCCNC2=O)cc1. The van der Waals surface area contributed by atoms with Crippen LogP contribution in [0.15, 0.2) is 53.3 Å². The minimum Gasteiger partial charge on any atom is -0.349 e. The van der Waals surface area contributed by atoms with Gasteiger partial charge in [0, 0.05) is 31.2 Å². The van der Waals surface area contributed by atoms with Crippen LogP contribution in [-0.2, 0) is 18.3 Å². The van der Waals surface area contributed by atoms with E-state index in [1.165, 1.54) is 4.68 Å². The van der Waals surface area contributed by atoms with E-state index in [2.05, 4.69) is 15.7 Å². The molecule has 1 saturated heterocycles. The first-order valence-electron chi connectivity index (χ1n) is 10.3. The van der Waals surface area contributed by atoms with Gasteiger partial charge >= 0.3 is 6.03 Å². The zero-order valence-electron chi connectivity index (χ0n) is 17.6. The largest absolute Gasteiger partial charge is 0.349 e. The van der Waals surface area contributed by atoms with Gasteiger partial charge in [-0.3, -0.25) is 14.5 Å². The lowest BCUT2D eigenvalue weighted by Gasteiger charge is -2.27. The molecule has 0 spiro atoms. The highest BCUT2D eigenvalue weighted by Crippen LogP contribution is 2.21. The average molecular weight is 419 g/mol. The second-order valence-corrected chi connectivity index (χ2v) is 7.72. The predicted molar refractivity (Wildman–Crippen MR) is 119 cm³/mol. The molecule has 1 aromatic heterocycles. The number of nitrogens with one attached hydrogen (secondary N) is 2. The Bertz CT molecular complexity index is 1190. The number of hydrogen-bond donors (Lipinski definition) is 2. The van der Waals surface area contributed by atoms with Crippen molar-refractivity contribution in [3.63, 3.8) is 0 Å². The summed E-state index contributed by atoms with van der Waals surface area (Å²) < 4.78 is 1.27. The van der Waals surface area contributed by atoms with Crippen LogP contribution in [0.5, 0.6) is 0 Å². The van der Waals surface area contributed by atoms with Gasteiger partial charge in [-0.2, -0.15) is 5.10 Å². The smallest absolute Gasteiger partial charge is 0.321 e. The van der Waals surface area contributed by atoms with Crippen molar-refractivity contribution < 1.29 is 9.59 Å². The molecule has 160 valence electrons. The summed E-state index contributed by atoms with van der Waals surface area (Å²) in [6.45, 7) is 3.31. The third-order valence-corrected chi connectivity index (χ3v) is 5.52. The molecule has 31 heavy (non-hydrogen) atoms. The summed E-state index contributed by atoms with van der Waals surface area (Å²) in [6.07, 6.45) is 0.985. The molecule has 3 aromatic rings. The van der Waals surface area contributed by atoms with Gasteiger partial charge in [0.2, 0.25) is 5.91 Å². The van der Waals surface area contributed by atoms with Crippen molar-refractivity contribution in [1.29, 1.82) is 0 Å². The number of carbonyl (C=O) groups excluding carboxylic acids is 2. The van der Waals surface area contributed by atoms with Gasteiger partial charge in [0.05, 0.1) is 23.5 Å². The van der Waals surface area contributed by atoms with Gasteiger partial charge in [-0.1, -0.05) is 30.3 Å². The molecule has 0 aliphatic carbocycles. The van der Waals surface area contributed by atoms with E-state index in [0.29, 0.717) is 29.6 Å². The monoisotopic (exact) mass is 419 g/mol. The number of aromatic nitrogens is 2. The number of hydrogen-bond acceptors (Lipinski definition) is 4. The molecule has 1 atom stereocenters. The lowest BCUT2D eigenvalue weighted by Crippen LogP contribution is -2.46. The standard InChI is InChI=1S/C23H25N5O3/c1-15(16-8-10-17(11-9-16)28-13-5-12-24-23(28)31)25-21(29)14-20-18-6-3-4-7-19(18)22(30)27(2)26-20/h3-4,6-11,15H,5,12-14H2,1-2H3,(H,24,31)(H,25,29). The molecule has 2 N–H and O–H groups in total. The molecule has 1 aliphatic heterocycles. The third kappa shape index (κ3) is 4.28. The molecule has 4 rings (SSSR count). The quantitative estimate of drug-likeness (QED) is 0.663. The molecule has 0 saturated carbocycles. The van der Waals surface area contributed by atoms with Gasteiger partial charge < -0.3 is 10.6 Å². The van der Waals surface area contributed by atoms with Gasteiger partial charge in [-0.15, -0.1) is 0 Å². The van der Waals surface area contributed by atoms with Crippen LogP contribution in [-0.4, -0.2) is 34.8 Å². The fourth-order valence-electron chi connectivity index (χ4n) is 3.85. The molecular formula is C23H25N5O3. The first-order chi connectivity index (χ1) is 14.9. The predicted octanol–water partition coefficient (Wildman–Crippen LogP) is 2.27. The normalized spacial score (nSPS) is 14.9. The Morgan fingerprint density at radius 1 is 1.13 bits per heavy atom. The fourth-order valence-corrected chi connectivity index (χ4v) is 3.85. The minimum atomic E-state index is -0.212. The second-order valence-electron chi connectivity index (χ2n) is 7.72. The van der Waals surface area contributed by atoms with Crippen molar-refractivity contribution in [2.24, 2.45) is 7.05 Å². The number of fused-ring (bicyclic) bond motifs is 1. The Hall–Kier alpha value is -3.68. The maximum absolute atomic E-state index is 12.7. The van der Waals surface area contributed by atoms with Crippen LogP contribution in [0.25, 0.3) is 10.8 Å². The number of rotatable bonds is 5. The van der Waals surface area contributed by atoms with E-state index in [4.69, 9.17) is 0 Å². The summed E-state index contributed by atoms with van der Waals surface area (Å²) in [5.41, 5.74) is 2.15. The van der Waals surface area contributed by atoms with E-state index in [-0.39, 0.29) is 30.0 Å². The molecule has 3 amide bonds. The molecule has 2 heterocycles. The molecular weight excluding hydrogens is 394 g/mol. The maximum atomic E-state index is 12.7. The van der Waals surface area contributed by atoms with Crippen LogP contribution in [0.1, 0.15) is 30.6 Å². The van der Waals surface area contributed by atoms with Gasteiger partial charge in [-0.25, -0.2) is 9.48 Å². The van der Waals surface area contributed by atoms with Gasteiger partial charge in [0.1, 0.15) is 0 Å². The molecule has 1 fully saturated rings. The second kappa shape index (κ2) is 8.59. The van der Waals surface area contributed by atoms with Crippen LogP contribution in [0, 0.1) is 0 Å². The number of amides is 3. The highest BCUT2D eigenvalue weighted by Gasteiger charge is 2.20. The molecule has 1 unspecified atom stereocenters. The van der Waals surface area contributed by atoms with Gasteiger partial charge in [0.25, 0.3) is 5.56 Å². The van der Waals surface area contributed by atoms with Crippen molar-refractivity contribution in [1.82, 2.24) is 20.4 Å². The minimum absolute atomic E-state index is 0.0744. The van der Waals surface area contributed by atoms with Crippen LogP contribution in [0.2, 0.25) is 0 Å². The van der Waals surface area contributed by atoms with Crippen molar-refractivity contribution >= 4 is 28.4 Å². The number of anilines is 1. The van der Waals surface area contributed by atoms with Crippen molar-refractivity contribution in [3.8, 4) is 0 Å². The molecule has 1 aliphatic rings. The summed E-state index contributed by atoms with van der Waals surface area (Å²) in [6, 6.07) is 14.5. The Morgan fingerprint density at radius 3 is 2.55 bits per heavy atom. The first kappa shape index (κ1) is 20.6. The maximum Gasteiger partial charge on any atom is 0.321 e. The van der Waals surface area contributed by atoms with Crippen LogP contribution in [0.3, 0.4) is 0 Å². The summed E-state index contributed by atoms with van der Waals surface area (Å²) in [5, 5.41) is 11.4. The zero-order chi connectivity index (χ0) is 22.0. The van der Waals surface area contributed by atoms with Crippen molar-refractivity contribution in [3.05, 3.63) is 70.1 Å². The number of urea groups is 1. The fraction of sp³-hybridized carbons (Fsp3) is 0.304. The van der Waals surface area contributed by atoms with Gasteiger partial charge in [0.15, 0.2) is 0 Å². The van der Waals surface area contributed by atoms with Crippen molar-refractivity contribution in [2.75, 3.05) is 18.0 Å². The Balaban J connectivity index is 1.46. The number of benzene rings is 2. The number of carbonyl (C=O) groups is 2. The number of nitrogens with zero attached hydrogens (tertiary/aromatic N) is 3.